The van der Waals surface area contributed by atoms with E-state index < -0.39 is 0 Å². The molecule has 2 aliphatic rings. The van der Waals surface area contributed by atoms with Crippen molar-refractivity contribution in [1.29, 1.82) is 0 Å². The van der Waals surface area contributed by atoms with Crippen LogP contribution in [0.5, 0.6) is 0 Å². The highest BCUT2D eigenvalue weighted by atomic mass is 16.5. The smallest absolute Gasteiger partial charge is 0.306 e. The zero-order chi connectivity index (χ0) is 19.8. The van der Waals surface area contributed by atoms with Gasteiger partial charge in [-0.3, -0.25) is 14.5 Å². The molecule has 0 radical (unpaired) electrons. The molecule has 1 aliphatic heterocycles. The van der Waals surface area contributed by atoms with Gasteiger partial charge in [0.15, 0.2) is 5.96 Å². The maximum Gasteiger partial charge on any atom is 0.306 e. The number of nitrogens with zero attached hydrogens (tertiary/aromatic N) is 4. The number of hydrogen-bond donors (Lipinski definition) is 1. The number of carbonyl (C=O) groups is 1. The number of guanidine groups is 1. The van der Waals surface area contributed by atoms with Crippen molar-refractivity contribution in [1.82, 2.24) is 20.0 Å². The number of rotatable bonds is 8. The zero-order valence-corrected chi connectivity index (χ0v) is 17.4. The Balaban J connectivity index is 1.41. The maximum atomic E-state index is 11.9. The highest BCUT2D eigenvalue weighted by Gasteiger charge is 2.25. The molecule has 1 aromatic heterocycles. The van der Waals surface area contributed by atoms with Crippen molar-refractivity contribution in [3.8, 4) is 0 Å². The number of aliphatic imine (C=N–C) groups is 1. The van der Waals surface area contributed by atoms with E-state index in [1.807, 2.05) is 17.9 Å². The topological polar surface area (TPSA) is 71.8 Å². The summed E-state index contributed by atoms with van der Waals surface area (Å²) in [6.07, 6.45) is 12.1. The molecule has 0 aromatic carbocycles. The number of aromatic nitrogens is 2. The summed E-state index contributed by atoms with van der Waals surface area (Å²) in [5.41, 5.74) is 1.30. The molecule has 7 heteroatoms. The van der Waals surface area contributed by atoms with Gasteiger partial charge in [0, 0.05) is 45.8 Å². The summed E-state index contributed by atoms with van der Waals surface area (Å²) in [5, 5.41) is 7.67. The first kappa shape index (κ1) is 20.7. The third-order valence-corrected chi connectivity index (χ3v) is 5.60. The molecule has 1 N–H and O–H groups in total. The Hall–Kier alpha value is -2.05. The molecular weight excluding hydrogens is 354 g/mol. The van der Waals surface area contributed by atoms with Gasteiger partial charge in [-0.15, -0.1) is 0 Å². The molecule has 1 unspecified atom stereocenters. The third kappa shape index (κ3) is 6.24. The predicted octanol–water partition coefficient (Wildman–Crippen LogP) is 2.52. The second-order valence-corrected chi connectivity index (χ2v) is 8.06. The first-order chi connectivity index (χ1) is 13.6. The molecule has 2 heterocycles. The second-order valence-electron chi connectivity index (χ2n) is 8.06. The van der Waals surface area contributed by atoms with Crippen molar-refractivity contribution in [2.24, 2.45) is 18.0 Å². The molecule has 2 fully saturated rings. The van der Waals surface area contributed by atoms with Crippen LogP contribution in [0.25, 0.3) is 0 Å². The van der Waals surface area contributed by atoms with Gasteiger partial charge >= 0.3 is 5.97 Å². The van der Waals surface area contributed by atoms with Crippen LogP contribution in [0, 0.1) is 5.92 Å². The summed E-state index contributed by atoms with van der Waals surface area (Å²) in [4.78, 5) is 19.0. The molecule has 0 amide bonds. The largest absolute Gasteiger partial charge is 0.462 e. The lowest BCUT2D eigenvalue weighted by atomic mass is 10.0. The van der Waals surface area contributed by atoms with Crippen LogP contribution in [-0.2, 0) is 23.0 Å². The van der Waals surface area contributed by atoms with Gasteiger partial charge in [0.05, 0.1) is 6.20 Å². The van der Waals surface area contributed by atoms with Crippen molar-refractivity contribution < 1.29 is 9.53 Å². The van der Waals surface area contributed by atoms with Crippen LogP contribution in [0.15, 0.2) is 17.4 Å². The number of likely N-dealkylation sites (tertiary alicyclic amines) is 1. The number of hydrogen-bond acceptors (Lipinski definition) is 4. The number of aryl methyl sites for hydroxylation is 1. The monoisotopic (exact) mass is 389 g/mol. The van der Waals surface area contributed by atoms with Gasteiger partial charge in [0.1, 0.15) is 6.10 Å². The molecule has 0 spiro atoms. The van der Waals surface area contributed by atoms with Crippen LogP contribution in [0.3, 0.4) is 0 Å². The molecule has 1 aliphatic carbocycles. The molecular formula is C21H35N5O2. The number of nitrogens with one attached hydrogen (secondary N) is 1. The standard InChI is InChI=1S/C21H35N5O2/c1-3-22-21(23-11-6-9-20(27)28-19-7-4-5-8-19)26-12-10-17(16-26)13-18-14-24-25(2)15-18/h14-15,17,19H,3-13,16H2,1-2H3,(H,22,23). The Morgan fingerprint density at radius 2 is 2.18 bits per heavy atom. The molecule has 1 atom stereocenters. The third-order valence-electron chi connectivity index (χ3n) is 5.60. The van der Waals surface area contributed by atoms with E-state index in [0.717, 1.165) is 51.3 Å². The van der Waals surface area contributed by atoms with Crippen LogP contribution in [0.2, 0.25) is 0 Å². The Kier molecular flexibility index (Phi) is 7.74. The minimum absolute atomic E-state index is 0.0650. The average Bonchev–Trinajstić information content (AvgIpc) is 3.41. The maximum absolute atomic E-state index is 11.9. The van der Waals surface area contributed by atoms with Crippen molar-refractivity contribution in [2.45, 2.75) is 64.4 Å². The van der Waals surface area contributed by atoms with Gasteiger partial charge in [-0.25, -0.2) is 0 Å². The van der Waals surface area contributed by atoms with Gasteiger partial charge in [-0.2, -0.15) is 5.10 Å². The quantitative estimate of drug-likeness (QED) is 0.320. The van der Waals surface area contributed by atoms with Crippen LogP contribution in [0.1, 0.15) is 57.4 Å². The summed E-state index contributed by atoms with van der Waals surface area (Å²) >= 11 is 0. The SMILES string of the molecule is CCNC(=NCCCC(=O)OC1CCCC1)N1CCC(Cc2cnn(C)c2)C1. The van der Waals surface area contributed by atoms with E-state index in [2.05, 4.69) is 28.4 Å². The normalized spacial score (nSPS) is 20.7. The summed E-state index contributed by atoms with van der Waals surface area (Å²) in [7, 11) is 1.96. The van der Waals surface area contributed by atoms with Crippen LogP contribution < -0.4 is 5.32 Å². The van der Waals surface area contributed by atoms with E-state index in [1.54, 1.807) is 0 Å². The van der Waals surface area contributed by atoms with E-state index in [4.69, 9.17) is 9.73 Å². The van der Waals surface area contributed by atoms with Crippen LogP contribution in [-0.4, -0.2) is 58.9 Å². The van der Waals surface area contributed by atoms with Crippen molar-refractivity contribution >= 4 is 11.9 Å². The van der Waals surface area contributed by atoms with Gasteiger partial charge in [-0.05, 0) is 63.4 Å². The van der Waals surface area contributed by atoms with E-state index in [1.165, 1.54) is 24.8 Å². The molecule has 156 valence electrons. The highest BCUT2D eigenvalue weighted by molar-refractivity contribution is 5.80. The lowest BCUT2D eigenvalue weighted by Crippen LogP contribution is -2.40. The summed E-state index contributed by atoms with van der Waals surface area (Å²) in [6, 6.07) is 0. The molecule has 0 bridgehead atoms. The van der Waals surface area contributed by atoms with Crippen molar-refractivity contribution in [3.63, 3.8) is 0 Å². The predicted molar refractivity (Wildman–Crippen MR) is 110 cm³/mol. The highest BCUT2D eigenvalue weighted by Crippen LogP contribution is 2.22. The number of ether oxygens (including phenoxy) is 1. The van der Waals surface area contributed by atoms with E-state index >= 15 is 0 Å². The molecule has 7 nitrogen and oxygen atoms in total. The van der Waals surface area contributed by atoms with Gasteiger partial charge < -0.3 is 15.0 Å². The lowest BCUT2D eigenvalue weighted by molar-refractivity contribution is -0.148. The zero-order valence-electron chi connectivity index (χ0n) is 17.4. The van der Waals surface area contributed by atoms with E-state index in [0.29, 0.717) is 18.9 Å². The Morgan fingerprint density at radius 1 is 1.36 bits per heavy atom. The number of esters is 1. The van der Waals surface area contributed by atoms with Gasteiger partial charge in [0.25, 0.3) is 0 Å². The Bertz CT molecular complexity index is 651. The Morgan fingerprint density at radius 3 is 2.89 bits per heavy atom. The minimum Gasteiger partial charge on any atom is -0.462 e. The molecule has 28 heavy (non-hydrogen) atoms. The van der Waals surface area contributed by atoms with Crippen molar-refractivity contribution in [2.75, 3.05) is 26.2 Å². The molecule has 1 saturated carbocycles. The van der Waals surface area contributed by atoms with Crippen LogP contribution >= 0.6 is 0 Å². The van der Waals surface area contributed by atoms with Gasteiger partial charge in [0.2, 0.25) is 0 Å². The fourth-order valence-corrected chi connectivity index (χ4v) is 4.19. The molecule has 3 rings (SSSR count). The van der Waals surface area contributed by atoms with Crippen LogP contribution in [0.4, 0.5) is 0 Å². The lowest BCUT2D eigenvalue weighted by Gasteiger charge is -2.21. The fourth-order valence-electron chi connectivity index (χ4n) is 4.19. The Labute approximate surface area is 168 Å². The summed E-state index contributed by atoms with van der Waals surface area (Å²) in [6.45, 7) is 5.65. The van der Waals surface area contributed by atoms with Gasteiger partial charge in [-0.1, -0.05) is 0 Å². The number of carbonyl (C=O) groups excluding carboxylic acids is 1. The first-order valence-electron chi connectivity index (χ1n) is 10.8. The van der Waals surface area contributed by atoms with E-state index in [-0.39, 0.29) is 12.1 Å². The van der Waals surface area contributed by atoms with Crippen molar-refractivity contribution in [3.05, 3.63) is 18.0 Å². The first-order valence-corrected chi connectivity index (χ1v) is 10.8. The minimum atomic E-state index is -0.0650. The molecule has 1 saturated heterocycles. The fraction of sp³-hybridized carbons (Fsp3) is 0.762. The summed E-state index contributed by atoms with van der Waals surface area (Å²) in [5.74, 6) is 1.54. The molecule has 1 aromatic rings. The second kappa shape index (κ2) is 10.5. The van der Waals surface area contributed by atoms with E-state index in [9.17, 15) is 4.79 Å². The summed E-state index contributed by atoms with van der Waals surface area (Å²) < 4.78 is 7.38. The average molecular weight is 390 g/mol.